The van der Waals surface area contributed by atoms with E-state index in [9.17, 15) is 13.2 Å². The Bertz CT molecular complexity index is 634. The van der Waals surface area contributed by atoms with Crippen LogP contribution in [0.25, 0.3) is 0 Å². The Morgan fingerprint density at radius 3 is 2.12 bits per heavy atom. The molecule has 0 aromatic heterocycles. The quantitative estimate of drug-likeness (QED) is 0.864. The van der Waals surface area contributed by atoms with Crippen LogP contribution in [0, 0.1) is 5.92 Å². The third kappa shape index (κ3) is 4.09. The molecule has 0 bridgehead atoms. The molecule has 1 fully saturated rings. The van der Waals surface area contributed by atoms with Crippen LogP contribution in [0.15, 0.2) is 54.6 Å². The number of rotatable bonds is 4. The summed E-state index contributed by atoms with van der Waals surface area (Å²) in [6, 6.07) is 14.8. The Morgan fingerprint density at radius 2 is 1.54 bits per heavy atom. The number of halogens is 3. The molecule has 0 saturated carbocycles. The van der Waals surface area contributed by atoms with E-state index in [0.29, 0.717) is 11.7 Å². The molecule has 0 amide bonds. The average Bonchev–Trinajstić information content (AvgIpc) is 2.61. The van der Waals surface area contributed by atoms with Crippen molar-refractivity contribution in [3.63, 3.8) is 0 Å². The minimum absolute atomic E-state index is 0.148. The summed E-state index contributed by atoms with van der Waals surface area (Å²) in [4.78, 5) is 0. The lowest BCUT2D eigenvalue weighted by molar-refractivity contribution is -0.137. The molecule has 128 valence electrons. The van der Waals surface area contributed by atoms with E-state index in [-0.39, 0.29) is 6.10 Å². The van der Waals surface area contributed by atoms with E-state index >= 15 is 0 Å². The number of piperidine rings is 1. The summed E-state index contributed by atoms with van der Waals surface area (Å²) in [5.74, 6) is 0.811. The van der Waals surface area contributed by atoms with E-state index in [1.165, 1.54) is 12.1 Å². The molecule has 1 heterocycles. The average molecular weight is 335 g/mol. The van der Waals surface area contributed by atoms with Crippen molar-refractivity contribution >= 4 is 0 Å². The molecular formula is C19H20F3NO. The maximum atomic E-state index is 12.7. The van der Waals surface area contributed by atoms with Gasteiger partial charge in [-0.2, -0.15) is 13.2 Å². The van der Waals surface area contributed by atoms with Gasteiger partial charge in [0.2, 0.25) is 0 Å². The zero-order chi connectivity index (χ0) is 17.0. The van der Waals surface area contributed by atoms with Crippen LogP contribution in [-0.4, -0.2) is 13.1 Å². The van der Waals surface area contributed by atoms with Gasteiger partial charge in [0.15, 0.2) is 0 Å². The predicted octanol–water partition coefficient (Wildman–Crippen LogP) is 4.83. The van der Waals surface area contributed by atoms with Crippen molar-refractivity contribution in [2.75, 3.05) is 13.1 Å². The zero-order valence-corrected chi connectivity index (χ0v) is 13.2. The first-order chi connectivity index (χ1) is 11.5. The summed E-state index contributed by atoms with van der Waals surface area (Å²) in [5, 5.41) is 3.33. The van der Waals surface area contributed by atoms with E-state index in [1.54, 1.807) is 0 Å². The molecule has 5 heteroatoms. The smallest absolute Gasteiger partial charge is 0.416 e. The molecule has 1 N–H and O–H groups in total. The van der Waals surface area contributed by atoms with Crippen LogP contribution in [0.2, 0.25) is 0 Å². The van der Waals surface area contributed by atoms with Crippen molar-refractivity contribution in [3.8, 4) is 5.75 Å². The predicted molar refractivity (Wildman–Crippen MR) is 86.8 cm³/mol. The number of hydrogen-bond acceptors (Lipinski definition) is 2. The topological polar surface area (TPSA) is 21.3 Å². The standard InChI is InChI=1S/C19H20F3NO/c20-19(21,22)16-6-8-17(9-7-16)24-18(14-4-2-1-3-5-14)15-10-12-23-13-11-15/h1-9,15,18,23H,10-13H2/t18-/m0/s1. The Kier molecular flexibility index (Phi) is 5.09. The van der Waals surface area contributed by atoms with Gasteiger partial charge in [-0.3, -0.25) is 0 Å². The molecule has 0 spiro atoms. The molecule has 1 atom stereocenters. The second-order valence-electron chi connectivity index (χ2n) is 6.06. The Hall–Kier alpha value is -2.01. The molecule has 1 saturated heterocycles. The van der Waals surface area contributed by atoms with Crippen LogP contribution in [-0.2, 0) is 6.18 Å². The van der Waals surface area contributed by atoms with Gasteiger partial charge in [-0.1, -0.05) is 30.3 Å². The van der Waals surface area contributed by atoms with E-state index < -0.39 is 11.7 Å². The largest absolute Gasteiger partial charge is 0.485 e. The van der Waals surface area contributed by atoms with Crippen molar-refractivity contribution in [1.29, 1.82) is 0 Å². The highest BCUT2D eigenvalue weighted by molar-refractivity contribution is 5.30. The van der Waals surface area contributed by atoms with Crippen molar-refractivity contribution in [2.24, 2.45) is 5.92 Å². The van der Waals surface area contributed by atoms with E-state index in [0.717, 1.165) is 43.6 Å². The van der Waals surface area contributed by atoms with Crippen molar-refractivity contribution in [2.45, 2.75) is 25.1 Å². The number of benzene rings is 2. The van der Waals surface area contributed by atoms with Gasteiger partial charge in [0.25, 0.3) is 0 Å². The van der Waals surface area contributed by atoms with Gasteiger partial charge in [-0.25, -0.2) is 0 Å². The fourth-order valence-electron chi connectivity index (χ4n) is 3.10. The second kappa shape index (κ2) is 7.26. The van der Waals surface area contributed by atoms with Gasteiger partial charge in [-0.15, -0.1) is 0 Å². The third-order valence-electron chi connectivity index (χ3n) is 4.38. The van der Waals surface area contributed by atoms with Crippen LogP contribution in [0.5, 0.6) is 5.75 Å². The highest BCUT2D eigenvalue weighted by Gasteiger charge is 2.31. The molecule has 0 aliphatic carbocycles. The first-order valence-electron chi connectivity index (χ1n) is 8.13. The van der Waals surface area contributed by atoms with Gasteiger partial charge in [0.1, 0.15) is 11.9 Å². The summed E-state index contributed by atoms with van der Waals surface area (Å²) >= 11 is 0. The summed E-state index contributed by atoms with van der Waals surface area (Å²) in [7, 11) is 0. The fourth-order valence-corrected chi connectivity index (χ4v) is 3.10. The summed E-state index contributed by atoms with van der Waals surface area (Å²) < 4.78 is 44.2. The number of alkyl halides is 3. The lowest BCUT2D eigenvalue weighted by atomic mass is 9.88. The maximum absolute atomic E-state index is 12.7. The fraction of sp³-hybridized carbons (Fsp3) is 0.368. The maximum Gasteiger partial charge on any atom is 0.416 e. The van der Waals surface area contributed by atoms with Crippen LogP contribution >= 0.6 is 0 Å². The summed E-state index contributed by atoms with van der Waals surface area (Å²) in [6.07, 6.45) is -2.50. The molecule has 1 aliphatic heterocycles. The number of hydrogen-bond donors (Lipinski definition) is 1. The molecule has 2 aromatic rings. The third-order valence-corrected chi connectivity index (χ3v) is 4.38. The monoisotopic (exact) mass is 335 g/mol. The van der Waals surface area contributed by atoms with Crippen LogP contribution in [0.1, 0.15) is 30.1 Å². The van der Waals surface area contributed by atoms with E-state index in [1.807, 2.05) is 30.3 Å². The zero-order valence-electron chi connectivity index (χ0n) is 13.2. The molecule has 2 aromatic carbocycles. The Labute approximate surface area is 139 Å². The highest BCUT2D eigenvalue weighted by Crippen LogP contribution is 2.35. The Morgan fingerprint density at radius 1 is 0.917 bits per heavy atom. The van der Waals surface area contributed by atoms with Crippen molar-refractivity contribution < 1.29 is 17.9 Å². The molecule has 3 rings (SSSR count). The molecule has 1 aliphatic rings. The number of nitrogens with one attached hydrogen (secondary N) is 1. The molecule has 0 radical (unpaired) electrons. The van der Waals surface area contributed by atoms with Crippen molar-refractivity contribution in [1.82, 2.24) is 5.32 Å². The molecule has 2 nitrogen and oxygen atoms in total. The first-order valence-corrected chi connectivity index (χ1v) is 8.13. The lowest BCUT2D eigenvalue weighted by Gasteiger charge is -2.31. The van der Waals surface area contributed by atoms with Crippen LogP contribution < -0.4 is 10.1 Å². The highest BCUT2D eigenvalue weighted by atomic mass is 19.4. The van der Waals surface area contributed by atoms with Gasteiger partial charge in [-0.05, 0) is 55.8 Å². The molecule has 24 heavy (non-hydrogen) atoms. The second-order valence-corrected chi connectivity index (χ2v) is 6.06. The van der Waals surface area contributed by atoms with Gasteiger partial charge in [0, 0.05) is 5.92 Å². The first kappa shape index (κ1) is 16.8. The summed E-state index contributed by atoms with van der Waals surface area (Å²) in [6.45, 7) is 1.87. The molecule has 0 unspecified atom stereocenters. The minimum atomic E-state index is -4.33. The van der Waals surface area contributed by atoms with Gasteiger partial charge >= 0.3 is 6.18 Å². The summed E-state index contributed by atoms with van der Waals surface area (Å²) in [5.41, 5.74) is 0.400. The van der Waals surface area contributed by atoms with Gasteiger partial charge < -0.3 is 10.1 Å². The minimum Gasteiger partial charge on any atom is -0.485 e. The Balaban J connectivity index is 1.81. The normalized spacial score (nSPS) is 17.5. The number of ether oxygens (including phenoxy) is 1. The SMILES string of the molecule is FC(F)(F)c1ccc(O[C@@H](c2ccccc2)C2CCNCC2)cc1. The van der Waals surface area contributed by atoms with E-state index in [4.69, 9.17) is 4.74 Å². The van der Waals surface area contributed by atoms with Crippen LogP contribution in [0.3, 0.4) is 0 Å². The lowest BCUT2D eigenvalue weighted by Crippen LogP contribution is -2.32. The van der Waals surface area contributed by atoms with E-state index in [2.05, 4.69) is 5.32 Å². The van der Waals surface area contributed by atoms with Crippen LogP contribution in [0.4, 0.5) is 13.2 Å². The molecular weight excluding hydrogens is 315 g/mol. The van der Waals surface area contributed by atoms with Gasteiger partial charge in [0.05, 0.1) is 5.56 Å². The van der Waals surface area contributed by atoms with Crippen molar-refractivity contribution in [3.05, 3.63) is 65.7 Å².